The van der Waals surface area contributed by atoms with Crippen LogP contribution in [0.25, 0.3) is 22.9 Å². The van der Waals surface area contributed by atoms with Crippen LogP contribution in [0.2, 0.25) is 0 Å². The van der Waals surface area contributed by atoms with Gasteiger partial charge in [0, 0.05) is 21.8 Å². The molecule has 0 saturated carbocycles. The van der Waals surface area contributed by atoms with Crippen LogP contribution in [0.3, 0.4) is 0 Å². The van der Waals surface area contributed by atoms with Gasteiger partial charge in [-0.3, -0.25) is 0 Å². The van der Waals surface area contributed by atoms with E-state index in [1.54, 1.807) is 0 Å². The lowest BCUT2D eigenvalue weighted by molar-refractivity contribution is 0.583. The molecule has 3 aromatic rings. The van der Waals surface area contributed by atoms with Gasteiger partial charge in [-0.1, -0.05) is 68.3 Å². The third kappa shape index (κ3) is 2.94. The fourth-order valence-corrected chi connectivity index (χ4v) is 3.11. The molecule has 0 N–H and O–H groups in total. The van der Waals surface area contributed by atoms with E-state index in [4.69, 9.17) is 4.42 Å². The predicted molar refractivity (Wildman–Crippen MR) is 90.4 cm³/mol. The molecule has 0 aliphatic rings. The summed E-state index contributed by atoms with van der Waals surface area (Å²) in [7, 11) is 0. The molecule has 0 unspecified atom stereocenters. The second kappa shape index (κ2) is 6.54. The Morgan fingerprint density at radius 3 is 1.57 bits per heavy atom. The molecule has 106 valence electrons. The van der Waals surface area contributed by atoms with Crippen molar-refractivity contribution in [1.82, 2.24) is 10.2 Å². The maximum atomic E-state index is 5.88. The van der Waals surface area contributed by atoms with Crippen LogP contribution in [0.1, 0.15) is 11.1 Å². The van der Waals surface area contributed by atoms with Crippen LogP contribution >= 0.6 is 31.9 Å². The SMILES string of the molecule is BrCc1ccccc1-c1nnc(-c2ccccc2CBr)o1. The van der Waals surface area contributed by atoms with Gasteiger partial charge in [0.15, 0.2) is 0 Å². The molecule has 1 heterocycles. The Morgan fingerprint density at radius 2 is 1.14 bits per heavy atom. The highest BCUT2D eigenvalue weighted by molar-refractivity contribution is 9.08. The summed E-state index contributed by atoms with van der Waals surface area (Å²) in [6, 6.07) is 16.0. The van der Waals surface area contributed by atoms with Gasteiger partial charge in [0.05, 0.1) is 0 Å². The van der Waals surface area contributed by atoms with Crippen LogP contribution in [0, 0.1) is 0 Å². The summed E-state index contributed by atoms with van der Waals surface area (Å²) in [5.41, 5.74) is 4.18. The molecule has 1 aromatic heterocycles. The molecule has 0 radical (unpaired) electrons. The zero-order chi connectivity index (χ0) is 14.7. The molecule has 0 fully saturated rings. The largest absolute Gasteiger partial charge is 0.416 e. The second-order valence-electron chi connectivity index (χ2n) is 4.49. The minimum Gasteiger partial charge on any atom is -0.416 e. The van der Waals surface area contributed by atoms with Crippen LogP contribution < -0.4 is 0 Å². The van der Waals surface area contributed by atoms with Gasteiger partial charge >= 0.3 is 0 Å². The van der Waals surface area contributed by atoms with Crippen molar-refractivity contribution < 1.29 is 4.42 Å². The smallest absolute Gasteiger partial charge is 0.248 e. The van der Waals surface area contributed by atoms with E-state index in [1.165, 1.54) is 0 Å². The van der Waals surface area contributed by atoms with Gasteiger partial charge < -0.3 is 4.42 Å². The second-order valence-corrected chi connectivity index (χ2v) is 5.62. The molecule has 3 rings (SSSR count). The van der Waals surface area contributed by atoms with Crippen LogP contribution in [0.4, 0.5) is 0 Å². The summed E-state index contributed by atoms with van der Waals surface area (Å²) in [6.45, 7) is 0. The summed E-state index contributed by atoms with van der Waals surface area (Å²) in [5, 5.41) is 9.89. The molecular formula is C16H12Br2N2O. The third-order valence-electron chi connectivity index (χ3n) is 3.21. The summed E-state index contributed by atoms with van der Waals surface area (Å²) in [6.07, 6.45) is 0. The van der Waals surface area contributed by atoms with Crippen molar-refractivity contribution in [2.45, 2.75) is 10.7 Å². The van der Waals surface area contributed by atoms with E-state index in [-0.39, 0.29) is 0 Å². The number of benzene rings is 2. The first-order valence-corrected chi connectivity index (χ1v) is 8.69. The zero-order valence-corrected chi connectivity index (χ0v) is 14.3. The number of rotatable bonds is 4. The van der Waals surface area contributed by atoms with Crippen molar-refractivity contribution in [2.75, 3.05) is 0 Å². The summed E-state index contributed by atoms with van der Waals surface area (Å²) >= 11 is 6.97. The van der Waals surface area contributed by atoms with E-state index in [1.807, 2.05) is 48.5 Å². The van der Waals surface area contributed by atoms with Crippen molar-refractivity contribution in [1.29, 1.82) is 0 Å². The molecule has 0 amide bonds. The van der Waals surface area contributed by atoms with Crippen molar-refractivity contribution >= 4 is 31.9 Å². The highest BCUT2D eigenvalue weighted by atomic mass is 79.9. The quantitative estimate of drug-likeness (QED) is 0.558. The molecule has 0 bridgehead atoms. The minimum absolute atomic E-state index is 0.546. The number of alkyl halides is 2. The van der Waals surface area contributed by atoms with Crippen LogP contribution in [0.15, 0.2) is 52.9 Å². The van der Waals surface area contributed by atoms with E-state index in [0.717, 1.165) is 32.9 Å². The lowest BCUT2D eigenvalue weighted by Crippen LogP contribution is -1.85. The summed E-state index contributed by atoms with van der Waals surface area (Å²) in [4.78, 5) is 0. The van der Waals surface area contributed by atoms with E-state index >= 15 is 0 Å². The van der Waals surface area contributed by atoms with E-state index in [2.05, 4.69) is 42.1 Å². The Kier molecular flexibility index (Phi) is 4.51. The monoisotopic (exact) mass is 406 g/mol. The zero-order valence-electron chi connectivity index (χ0n) is 11.1. The van der Waals surface area contributed by atoms with Crippen LogP contribution in [-0.4, -0.2) is 10.2 Å². The molecule has 21 heavy (non-hydrogen) atoms. The normalized spacial score (nSPS) is 10.8. The Hall–Kier alpha value is -1.46. The van der Waals surface area contributed by atoms with Crippen molar-refractivity contribution in [3.05, 3.63) is 59.7 Å². The number of nitrogens with zero attached hydrogens (tertiary/aromatic N) is 2. The molecule has 2 aromatic carbocycles. The number of halogens is 2. The van der Waals surface area contributed by atoms with Crippen molar-refractivity contribution in [3.63, 3.8) is 0 Å². The number of hydrogen-bond acceptors (Lipinski definition) is 3. The first-order valence-electron chi connectivity index (χ1n) is 6.45. The summed E-state index contributed by atoms with van der Waals surface area (Å²) in [5.74, 6) is 1.09. The van der Waals surface area contributed by atoms with Gasteiger partial charge in [-0.2, -0.15) is 0 Å². The molecule has 0 saturated heterocycles. The Morgan fingerprint density at radius 1 is 0.714 bits per heavy atom. The Labute approximate surface area is 139 Å². The Balaban J connectivity index is 2.04. The molecule has 0 aliphatic carbocycles. The lowest BCUT2D eigenvalue weighted by atomic mass is 10.1. The van der Waals surface area contributed by atoms with Gasteiger partial charge in [-0.25, -0.2) is 0 Å². The molecule has 5 heteroatoms. The van der Waals surface area contributed by atoms with E-state index in [0.29, 0.717) is 11.8 Å². The maximum Gasteiger partial charge on any atom is 0.248 e. The minimum atomic E-state index is 0.546. The lowest BCUT2D eigenvalue weighted by Gasteiger charge is -2.03. The fourth-order valence-electron chi connectivity index (χ4n) is 2.13. The molecule has 0 atom stereocenters. The third-order valence-corrected chi connectivity index (χ3v) is 4.42. The first kappa shape index (κ1) is 14.5. The van der Waals surface area contributed by atoms with E-state index < -0.39 is 0 Å². The van der Waals surface area contributed by atoms with E-state index in [9.17, 15) is 0 Å². The number of hydrogen-bond donors (Lipinski definition) is 0. The van der Waals surface area contributed by atoms with Gasteiger partial charge in [0.25, 0.3) is 0 Å². The summed E-state index contributed by atoms with van der Waals surface area (Å²) < 4.78 is 5.88. The average molecular weight is 408 g/mol. The number of aromatic nitrogens is 2. The average Bonchev–Trinajstić information content (AvgIpc) is 3.04. The van der Waals surface area contributed by atoms with Gasteiger partial charge in [-0.05, 0) is 23.3 Å². The molecule has 3 nitrogen and oxygen atoms in total. The standard InChI is InChI=1S/C16H12Br2N2O/c17-9-11-5-1-3-7-13(11)15-19-20-16(21-15)14-8-4-2-6-12(14)10-18/h1-8H,9-10H2. The Bertz CT molecular complexity index is 693. The van der Waals surface area contributed by atoms with Crippen molar-refractivity contribution in [3.8, 4) is 22.9 Å². The highest BCUT2D eigenvalue weighted by Gasteiger charge is 2.14. The van der Waals surface area contributed by atoms with Crippen LogP contribution in [-0.2, 0) is 10.7 Å². The maximum absolute atomic E-state index is 5.88. The predicted octanol–water partition coefficient (Wildman–Crippen LogP) is 5.19. The molecule has 0 aliphatic heterocycles. The van der Waals surface area contributed by atoms with Crippen LogP contribution in [0.5, 0.6) is 0 Å². The molecule has 0 spiro atoms. The van der Waals surface area contributed by atoms with Gasteiger partial charge in [0.2, 0.25) is 11.8 Å². The van der Waals surface area contributed by atoms with Gasteiger partial charge in [0.1, 0.15) is 0 Å². The topological polar surface area (TPSA) is 38.9 Å². The molecular weight excluding hydrogens is 396 g/mol. The van der Waals surface area contributed by atoms with Crippen molar-refractivity contribution in [2.24, 2.45) is 0 Å². The van der Waals surface area contributed by atoms with Gasteiger partial charge in [-0.15, -0.1) is 10.2 Å². The fraction of sp³-hybridized carbons (Fsp3) is 0.125. The highest BCUT2D eigenvalue weighted by Crippen LogP contribution is 2.29. The first-order chi connectivity index (χ1) is 10.3.